The summed E-state index contributed by atoms with van der Waals surface area (Å²) in [4.78, 5) is 26.6. The number of aromatic nitrogens is 2. The molecule has 1 aliphatic heterocycles. The quantitative estimate of drug-likeness (QED) is 0.217. The van der Waals surface area contributed by atoms with Gasteiger partial charge in [-0.25, -0.2) is 9.37 Å². The molecule has 0 spiro atoms. The maximum absolute atomic E-state index is 14.4. The van der Waals surface area contributed by atoms with Crippen LogP contribution in [0.4, 0.5) is 10.1 Å². The van der Waals surface area contributed by atoms with E-state index in [-0.39, 0.29) is 28.7 Å². The van der Waals surface area contributed by atoms with Crippen molar-refractivity contribution in [2.45, 2.75) is 26.7 Å². The molecule has 7 nitrogen and oxygen atoms in total. The van der Waals surface area contributed by atoms with Crippen molar-refractivity contribution < 1.29 is 9.18 Å². The molecule has 0 aliphatic carbocycles. The molecule has 0 bridgehead atoms. The van der Waals surface area contributed by atoms with Gasteiger partial charge in [0.05, 0.1) is 40.2 Å². The van der Waals surface area contributed by atoms with Crippen molar-refractivity contribution in [3.63, 3.8) is 0 Å². The molecule has 1 aromatic carbocycles. The maximum atomic E-state index is 14.4. The Morgan fingerprint density at radius 3 is 2.77 bits per heavy atom. The van der Waals surface area contributed by atoms with E-state index in [0.29, 0.717) is 41.4 Å². The molecule has 2 aromatic heterocycles. The molecular weight excluding hydrogens is 527 g/mol. The minimum atomic E-state index is -0.547. The van der Waals surface area contributed by atoms with Crippen molar-refractivity contribution in [3.05, 3.63) is 83.4 Å². The first-order valence-electron chi connectivity index (χ1n) is 13.6. The van der Waals surface area contributed by atoms with Gasteiger partial charge in [0.1, 0.15) is 5.82 Å². The van der Waals surface area contributed by atoms with Crippen LogP contribution >= 0.6 is 11.6 Å². The van der Waals surface area contributed by atoms with Crippen molar-refractivity contribution >= 4 is 45.5 Å². The molecule has 3 heterocycles. The van der Waals surface area contributed by atoms with E-state index in [1.54, 1.807) is 18.3 Å². The third-order valence-electron chi connectivity index (χ3n) is 7.13. The molecule has 0 radical (unpaired) electrons. The van der Waals surface area contributed by atoms with Gasteiger partial charge in [0.15, 0.2) is 0 Å². The van der Waals surface area contributed by atoms with Crippen molar-refractivity contribution in [1.82, 2.24) is 20.2 Å². The summed E-state index contributed by atoms with van der Waals surface area (Å²) in [5, 5.41) is 11.9. The summed E-state index contributed by atoms with van der Waals surface area (Å²) in [5.41, 5.74) is 2.82. The number of hydrogen-bond donors (Lipinski definition) is 2. The fourth-order valence-corrected chi connectivity index (χ4v) is 4.94. The van der Waals surface area contributed by atoms with Gasteiger partial charge in [-0.1, -0.05) is 37.3 Å². The molecule has 9 heteroatoms. The lowest BCUT2D eigenvalue weighted by Crippen LogP contribution is -2.40. The smallest absolute Gasteiger partial charge is 0.224 e. The van der Waals surface area contributed by atoms with E-state index in [1.165, 1.54) is 31.0 Å². The van der Waals surface area contributed by atoms with E-state index in [0.717, 1.165) is 25.3 Å². The Bertz CT molecular complexity index is 1420. The molecule has 1 fully saturated rings. The van der Waals surface area contributed by atoms with Gasteiger partial charge in [-0.05, 0) is 69.3 Å². The number of carbonyl (C=O) groups is 1. The lowest BCUT2D eigenvalue weighted by molar-refractivity contribution is -0.124. The van der Waals surface area contributed by atoms with Crippen molar-refractivity contribution in [1.29, 1.82) is 5.41 Å². The first-order valence-corrected chi connectivity index (χ1v) is 14.0. The fourth-order valence-electron chi connectivity index (χ4n) is 4.77. The van der Waals surface area contributed by atoms with Crippen LogP contribution in [0.15, 0.2) is 61.3 Å². The molecular formula is C31H36ClFN6O. The van der Waals surface area contributed by atoms with Gasteiger partial charge in [0.2, 0.25) is 5.91 Å². The van der Waals surface area contributed by atoms with E-state index in [4.69, 9.17) is 22.0 Å². The molecule has 40 heavy (non-hydrogen) atoms. The lowest BCUT2D eigenvalue weighted by Gasteiger charge is -2.26. The number of halogens is 2. The minimum absolute atomic E-state index is 0.0295. The number of benzene rings is 1. The summed E-state index contributed by atoms with van der Waals surface area (Å²) in [7, 11) is 0. The van der Waals surface area contributed by atoms with Crippen LogP contribution in [0.25, 0.3) is 16.6 Å². The number of allylic oxidation sites excluding steroid dienone is 2. The number of nitrogens with one attached hydrogen (secondary N) is 2. The van der Waals surface area contributed by atoms with E-state index in [1.807, 2.05) is 32.1 Å². The summed E-state index contributed by atoms with van der Waals surface area (Å²) < 4.78 is 14.4. The Morgan fingerprint density at radius 1 is 1.25 bits per heavy atom. The molecule has 2 N–H and O–H groups in total. The van der Waals surface area contributed by atoms with E-state index >= 15 is 0 Å². The van der Waals surface area contributed by atoms with Crippen LogP contribution in [0.3, 0.4) is 0 Å². The average Bonchev–Trinajstić information content (AvgIpc) is 3.48. The molecule has 0 saturated carbocycles. The highest BCUT2D eigenvalue weighted by molar-refractivity contribution is 6.33. The third-order valence-corrected chi connectivity index (χ3v) is 7.36. The number of nitrogens with zero attached hydrogens (tertiary/aromatic N) is 4. The van der Waals surface area contributed by atoms with E-state index in [2.05, 4.69) is 26.7 Å². The standard InChI is InChI=1S/C31H36ClFN6O/c1-4-5-15-39(20-21(2)31(40)35-12-16-38-13-6-7-14-38)24-18-29-28(36-19-24)11-10-27(37-29)22(3)30(34)25-17-23(32)8-9-26(25)33/h4-5,8-11,17-19,21,34H,3,6-7,12-16,20H2,1-2H3,(H,35,40)/b5-4-,34-30?. The number of hydrogen-bond acceptors (Lipinski definition) is 6. The number of likely N-dealkylation sites (tertiary alicyclic amines) is 1. The second-order valence-corrected chi connectivity index (χ2v) is 10.6. The van der Waals surface area contributed by atoms with E-state index < -0.39 is 5.82 Å². The third kappa shape index (κ3) is 7.31. The van der Waals surface area contributed by atoms with Crippen LogP contribution in [-0.2, 0) is 4.79 Å². The van der Waals surface area contributed by atoms with Crippen LogP contribution < -0.4 is 10.2 Å². The number of amides is 1. The van der Waals surface area contributed by atoms with Gasteiger partial charge in [0, 0.05) is 42.3 Å². The van der Waals surface area contributed by atoms with Crippen molar-refractivity contribution in [3.8, 4) is 0 Å². The number of carbonyl (C=O) groups excluding carboxylic acids is 1. The van der Waals surface area contributed by atoms with Crippen LogP contribution in [0.1, 0.15) is 37.9 Å². The Labute approximate surface area is 240 Å². The van der Waals surface area contributed by atoms with Gasteiger partial charge in [-0.2, -0.15) is 0 Å². The van der Waals surface area contributed by atoms with Crippen LogP contribution in [0, 0.1) is 17.1 Å². The Hall–Kier alpha value is -3.62. The summed E-state index contributed by atoms with van der Waals surface area (Å²) in [6.45, 7) is 12.8. The zero-order valence-electron chi connectivity index (χ0n) is 23.1. The topological polar surface area (TPSA) is 85.2 Å². The number of anilines is 1. The normalized spacial score (nSPS) is 14.5. The Morgan fingerprint density at radius 2 is 2.02 bits per heavy atom. The summed E-state index contributed by atoms with van der Waals surface area (Å²) >= 11 is 6.03. The molecule has 1 saturated heterocycles. The van der Waals surface area contributed by atoms with E-state index in [9.17, 15) is 9.18 Å². The van der Waals surface area contributed by atoms with Gasteiger partial charge in [-0.15, -0.1) is 0 Å². The molecule has 1 amide bonds. The second kappa shape index (κ2) is 13.6. The fraction of sp³-hybridized carbons (Fsp3) is 0.355. The maximum Gasteiger partial charge on any atom is 0.224 e. The Balaban J connectivity index is 1.50. The monoisotopic (exact) mass is 562 g/mol. The zero-order chi connectivity index (χ0) is 28.6. The minimum Gasteiger partial charge on any atom is -0.366 e. The molecule has 1 atom stereocenters. The summed E-state index contributed by atoms with van der Waals surface area (Å²) in [5.74, 6) is -0.748. The number of rotatable bonds is 12. The predicted octanol–water partition coefficient (Wildman–Crippen LogP) is 5.73. The largest absolute Gasteiger partial charge is 0.366 e. The highest BCUT2D eigenvalue weighted by Gasteiger charge is 2.19. The molecule has 4 rings (SSSR count). The summed E-state index contributed by atoms with van der Waals surface area (Å²) in [6, 6.07) is 9.54. The van der Waals surface area contributed by atoms with Crippen LogP contribution in [0.5, 0.6) is 0 Å². The predicted molar refractivity (Wildman–Crippen MR) is 162 cm³/mol. The number of pyridine rings is 2. The summed E-state index contributed by atoms with van der Waals surface area (Å²) in [6.07, 6.45) is 8.26. The van der Waals surface area contributed by atoms with Crippen LogP contribution in [-0.4, -0.2) is 65.8 Å². The van der Waals surface area contributed by atoms with Gasteiger partial charge >= 0.3 is 0 Å². The van der Waals surface area contributed by atoms with Crippen molar-refractivity contribution in [2.24, 2.45) is 5.92 Å². The van der Waals surface area contributed by atoms with Gasteiger partial charge in [-0.3, -0.25) is 15.2 Å². The second-order valence-electron chi connectivity index (χ2n) is 10.1. The molecule has 3 aromatic rings. The number of fused-ring (bicyclic) bond motifs is 1. The zero-order valence-corrected chi connectivity index (χ0v) is 23.8. The average molecular weight is 563 g/mol. The highest BCUT2D eigenvalue weighted by Crippen LogP contribution is 2.25. The van der Waals surface area contributed by atoms with Gasteiger partial charge in [0.25, 0.3) is 0 Å². The molecule has 1 unspecified atom stereocenters. The highest BCUT2D eigenvalue weighted by atomic mass is 35.5. The lowest BCUT2D eigenvalue weighted by atomic mass is 10.00. The first-order chi connectivity index (χ1) is 19.3. The first kappa shape index (κ1) is 29.4. The van der Waals surface area contributed by atoms with Crippen molar-refractivity contribution in [2.75, 3.05) is 44.2 Å². The SMILES string of the molecule is C=C(C(=N)c1cc(Cl)ccc1F)c1ccc2ncc(N(C/C=C\C)CC(C)C(=O)NCCN3CCCC3)cc2n1. The Kier molecular flexibility index (Phi) is 10.0. The van der Waals surface area contributed by atoms with Crippen LogP contribution in [0.2, 0.25) is 5.02 Å². The molecule has 1 aliphatic rings. The van der Waals surface area contributed by atoms with Gasteiger partial charge < -0.3 is 15.1 Å². The molecule has 210 valence electrons.